The van der Waals surface area contributed by atoms with Gasteiger partial charge in [0, 0.05) is 44.8 Å². The van der Waals surface area contributed by atoms with Gasteiger partial charge in [-0.2, -0.15) is 0 Å². The van der Waals surface area contributed by atoms with Gasteiger partial charge >= 0.3 is 0 Å². The van der Waals surface area contributed by atoms with E-state index >= 15 is 0 Å². The molecule has 122 valence electrons. The van der Waals surface area contributed by atoms with Gasteiger partial charge in [-0.05, 0) is 30.9 Å². The SMILES string of the molecule is CC(C(=O)N(C)CCn1ccc2ccccc21)N1CCCC1=O. The number of fused-ring (bicyclic) bond motifs is 1. The summed E-state index contributed by atoms with van der Waals surface area (Å²) < 4.78 is 2.16. The maximum absolute atomic E-state index is 12.5. The van der Waals surface area contributed by atoms with Crippen molar-refractivity contribution in [2.45, 2.75) is 32.4 Å². The van der Waals surface area contributed by atoms with Gasteiger partial charge in [-0.15, -0.1) is 0 Å². The summed E-state index contributed by atoms with van der Waals surface area (Å²) in [6.45, 7) is 3.90. The maximum atomic E-state index is 12.5. The van der Waals surface area contributed by atoms with Crippen molar-refractivity contribution in [2.24, 2.45) is 0 Å². The molecule has 1 atom stereocenters. The van der Waals surface area contributed by atoms with E-state index in [1.54, 1.807) is 9.80 Å². The Kier molecular flexibility index (Phi) is 4.37. The van der Waals surface area contributed by atoms with E-state index in [2.05, 4.69) is 29.0 Å². The van der Waals surface area contributed by atoms with Gasteiger partial charge in [0.25, 0.3) is 0 Å². The molecule has 0 radical (unpaired) electrons. The summed E-state index contributed by atoms with van der Waals surface area (Å²) in [4.78, 5) is 27.7. The molecule has 3 rings (SSSR count). The number of para-hydroxylation sites is 1. The van der Waals surface area contributed by atoms with Crippen molar-refractivity contribution in [1.82, 2.24) is 14.4 Å². The number of carbonyl (C=O) groups excluding carboxylic acids is 2. The van der Waals surface area contributed by atoms with E-state index in [1.165, 1.54) is 10.9 Å². The van der Waals surface area contributed by atoms with Crippen molar-refractivity contribution < 1.29 is 9.59 Å². The highest BCUT2D eigenvalue weighted by atomic mass is 16.2. The Labute approximate surface area is 136 Å². The van der Waals surface area contributed by atoms with Crippen molar-refractivity contribution in [1.29, 1.82) is 0 Å². The molecule has 0 saturated carbocycles. The largest absolute Gasteiger partial charge is 0.346 e. The van der Waals surface area contributed by atoms with Gasteiger partial charge in [0.15, 0.2) is 0 Å². The summed E-state index contributed by atoms with van der Waals surface area (Å²) in [6, 6.07) is 9.94. The molecule has 1 fully saturated rings. The first kappa shape index (κ1) is 15.6. The lowest BCUT2D eigenvalue weighted by Gasteiger charge is -2.28. The Hall–Kier alpha value is -2.30. The number of hydrogen-bond acceptors (Lipinski definition) is 2. The molecule has 2 aromatic rings. The van der Waals surface area contributed by atoms with Crippen LogP contribution in [0.5, 0.6) is 0 Å². The zero-order valence-corrected chi connectivity index (χ0v) is 13.7. The fourth-order valence-electron chi connectivity index (χ4n) is 3.23. The highest BCUT2D eigenvalue weighted by Gasteiger charge is 2.30. The number of likely N-dealkylation sites (tertiary alicyclic amines) is 1. The minimum atomic E-state index is -0.364. The number of likely N-dealkylation sites (N-methyl/N-ethyl adjacent to an activating group) is 1. The van der Waals surface area contributed by atoms with E-state index in [4.69, 9.17) is 0 Å². The number of benzene rings is 1. The van der Waals surface area contributed by atoms with Crippen LogP contribution in [0.1, 0.15) is 19.8 Å². The third-order valence-electron chi connectivity index (χ3n) is 4.67. The van der Waals surface area contributed by atoms with Crippen LogP contribution in [0.25, 0.3) is 10.9 Å². The van der Waals surface area contributed by atoms with E-state index in [-0.39, 0.29) is 17.9 Å². The second-order valence-electron chi connectivity index (χ2n) is 6.19. The summed E-state index contributed by atoms with van der Waals surface area (Å²) in [6.07, 6.45) is 3.47. The molecule has 5 nitrogen and oxygen atoms in total. The molecule has 1 aromatic carbocycles. The van der Waals surface area contributed by atoms with Crippen LogP contribution < -0.4 is 0 Å². The van der Waals surface area contributed by atoms with Gasteiger partial charge in [0.1, 0.15) is 6.04 Å². The van der Waals surface area contributed by atoms with E-state index < -0.39 is 0 Å². The third-order valence-corrected chi connectivity index (χ3v) is 4.67. The van der Waals surface area contributed by atoms with E-state index in [0.29, 0.717) is 19.5 Å². The van der Waals surface area contributed by atoms with Crippen LogP contribution in [0.2, 0.25) is 0 Å². The number of nitrogens with zero attached hydrogens (tertiary/aromatic N) is 3. The van der Waals surface area contributed by atoms with Gasteiger partial charge < -0.3 is 14.4 Å². The molecule has 1 aliphatic heterocycles. The molecule has 0 N–H and O–H groups in total. The summed E-state index contributed by atoms with van der Waals surface area (Å²) in [5, 5.41) is 1.21. The molecular weight excluding hydrogens is 290 g/mol. The molecule has 1 unspecified atom stereocenters. The van der Waals surface area contributed by atoms with Crippen LogP contribution in [0.4, 0.5) is 0 Å². The Bertz CT molecular complexity index is 722. The number of hydrogen-bond donors (Lipinski definition) is 0. The average molecular weight is 313 g/mol. The molecule has 5 heteroatoms. The monoisotopic (exact) mass is 313 g/mol. The number of rotatable bonds is 5. The van der Waals surface area contributed by atoms with Crippen molar-refractivity contribution in [3.8, 4) is 0 Å². The molecule has 23 heavy (non-hydrogen) atoms. The van der Waals surface area contributed by atoms with Crippen LogP contribution in [0.3, 0.4) is 0 Å². The van der Waals surface area contributed by atoms with Gasteiger partial charge in [0.05, 0.1) is 0 Å². The quantitative estimate of drug-likeness (QED) is 0.849. The Morgan fingerprint density at radius 3 is 2.83 bits per heavy atom. The van der Waals surface area contributed by atoms with Crippen LogP contribution in [0.15, 0.2) is 36.5 Å². The first-order chi connectivity index (χ1) is 11.1. The van der Waals surface area contributed by atoms with Gasteiger partial charge in [-0.1, -0.05) is 18.2 Å². The standard InChI is InChI=1S/C18H23N3O2/c1-14(21-10-5-8-17(21)22)18(23)19(2)12-13-20-11-9-15-6-3-4-7-16(15)20/h3-4,6-7,9,11,14H,5,8,10,12-13H2,1-2H3. The van der Waals surface area contributed by atoms with E-state index in [0.717, 1.165) is 13.0 Å². The predicted octanol–water partition coefficient (Wildman–Crippen LogP) is 2.11. The summed E-state index contributed by atoms with van der Waals surface area (Å²) >= 11 is 0. The second kappa shape index (κ2) is 6.44. The van der Waals surface area contributed by atoms with Crippen molar-refractivity contribution in [3.05, 3.63) is 36.5 Å². The lowest BCUT2D eigenvalue weighted by atomic mass is 10.2. The van der Waals surface area contributed by atoms with Gasteiger partial charge in [0.2, 0.25) is 11.8 Å². The zero-order valence-electron chi connectivity index (χ0n) is 13.7. The first-order valence-electron chi connectivity index (χ1n) is 8.16. The average Bonchev–Trinajstić information content (AvgIpc) is 3.17. The van der Waals surface area contributed by atoms with E-state index in [9.17, 15) is 9.59 Å². The summed E-state index contributed by atoms with van der Waals surface area (Å²) in [5.41, 5.74) is 1.18. The fourth-order valence-corrected chi connectivity index (χ4v) is 3.23. The van der Waals surface area contributed by atoms with Crippen LogP contribution in [-0.2, 0) is 16.1 Å². The summed E-state index contributed by atoms with van der Waals surface area (Å²) in [5.74, 6) is 0.104. The Balaban J connectivity index is 1.61. The minimum absolute atomic E-state index is 0.0108. The first-order valence-corrected chi connectivity index (χ1v) is 8.16. The second-order valence-corrected chi connectivity index (χ2v) is 6.19. The Morgan fingerprint density at radius 2 is 2.09 bits per heavy atom. The molecule has 0 bridgehead atoms. The zero-order chi connectivity index (χ0) is 16.4. The topological polar surface area (TPSA) is 45.6 Å². The van der Waals surface area contributed by atoms with Gasteiger partial charge in [-0.25, -0.2) is 0 Å². The normalized spacial score (nSPS) is 16.1. The molecule has 1 aromatic heterocycles. The highest BCUT2D eigenvalue weighted by molar-refractivity contribution is 5.88. The molecular formula is C18H23N3O2. The molecule has 0 aliphatic carbocycles. The minimum Gasteiger partial charge on any atom is -0.346 e. The molecule has 2 heterocycles. The molecule has 2 amide bonds. The van der Waals surface area contributed by atoms with E-state index in [1.807, 2.05) is 26.1 Å². The number of aromatic nitrogens is 1. The highest BCUT2D eigenvalue weighted by Crippen LogP contribution is 2.16. The molecule has 0 spiro atoms. The van der Waals surface area contributed by atoms with Crippen LogP contribution in [-0.4, -0.2) is 52.4 Å². The summed E-state index contributed by atoms with van der Waals surface area (Å²) in [7, 11) is 1.81. The Morgan fingerprint density at radius 1 is 1.30 bits per heavy atom. The number of amides is 2. The molecule has 1 saturated heterocycles. The smallest absolute Gasteiger partial charge is 0.244 e. The third kappa shape index (κ3) is 3.09. The van der Waals surface area contributed by atoms with Gasteiger partial charge in [-0.3, -0.25) is 9.59 Å². The maximum Gasteiger partial charge on any atom is 0.244 e. The lowest BCUT2D eigenvalue weighted by molar-refractivity contribution is -0.142. The lowest BCUT2D eigenvalue weighted by Crippen LogP contribution is -2.47. The van der Waals surface area contributed by atoms with Crippen molar-refractivity contribution in [3.63, 3.8) is 0 Å². The van der Waals surface area contributed by atoms with Crippen LogP contribution in [0, 0.1) is 0 Å². The van der Waals surface area contributed by atoms with Crippen molar-refractivity contribution in [2.75, 3.05) is 20.1 Å². The van der Waals surface area contributed by atoms with Crippen LogP contribution >= 0.6 is 0 Å². The molecule has 1 aliphatic rings. The predicted molar refractivity (Wildman–Crippen MR) is 90.0 cm³/mol. The number of carbonyl (C=O) groups is 2. The van der Waals surface area contributed by atoms with Crippen molar-refractivity contribution >= 4 is 22.7 Å². The fraction of sp³-hybridized carbons (Fsp3) is 0.444.